The zero-order valence-electron chi connectivity index (χ0n) is 17.4. The number of benzene rings is 2. The normalized spacial score (nSPS) is 16.4. The molecule has 2 aromatic carbocycles. The molecule has 0 fully saturated rings. The van der Waals surface area contributed by atoms with Crippen molar-refractivity contribution in [1.29, 1.82) is 0 Å². The largest absolute Gasteiger partial charge is 0.356 e. The Balaban J connectivity index is 1.33. The molecule has 1 aromatic heterocycles. The number of carbonyl (C=O) groups excluding carboxylic acids is 3. The molecule has 0 saturated carbocycles. The lowest BCUT2D eigenvalue weighted by Gasteiger charge is -2.40. The Kier molecular flexibility index (Phi) is 5.15. The van der Waals surface area contributed by atoms with Crippen LogP contribution in [0.15, 0.2) is 72.9 Å². The molecule has 3 amide bonds. The number of aromatic nitrogens is 1. The number of hydrogen-bond donors (Lipinski definition) is 1. The summed E-state index contributed by atoms with van der Waals surface area (Å²) in [6.07, 6.45) is 1.98. The summed E-state index contributed by atoms with van der Waals surface area (Å²) in [6.45, 7) is 0.689. The molecule has 7 heteroatoms. The number of nitrogens with zero attached hydrogens (tertiary/aromatic N) is 3. The van der Waals surface area contributed by atoms with Crippen molar-refractivity contribution in [3.05, 3.63) is 95.3 Å². The second-order valence-electron chi connectivity index (χ2n) is 7.82. The summed E-state index contributed by atoms with van der Waals surface area (Å²) < 4.78 is 0. The second kappa shape index (κ2) is 8.26. The lowest BCUT2D eigenvalue weighted by Crippen LogP contribution is -2.49. The van der Waals surface area contributed by atoms with E-state index in [1.165, 1.54) is 0 Å². The van der Waals surface area contributed by atoms with Crippen molar-refractivity contribution in [2.45, 2.75) is 19.0 Å². The number of carbonyl (C=O) groups is 3. The standard InChI is InChI=1S/C25H22N4O3/c30-22(27-15-12-17-7-5-6-14-26-17)13-16-28-23-18-8-1-2-9-19(18)25(32)29(23)21-11-4-3-10-20(21)24(28)31/h1-11,14,23H,12-13,15-16H2,(H,27,30)/t23-/m0/s1. The van der Waals surface area contributed by atoms with Crippen LogP contribution in [0.5, 0.6) is 0 Å². The number of fused-ring (bicyclic) bond motifs is 5. The van der Waals surface area contributed by atoms with E-state index in [0.717, 1.165) is 11.3 Å². The zero-order valence-corrected chi connectivity index (χ0v) is 17.4. The molecule has 0 bridgehead atoms. The van der Waals surface area contributed by atoms with E-state index in [-0.39, 0.29) is 30.7 Å². The molecular formula is C25H22N4O3. The van der Waals surface area contributed by atoms with Gasteiger partial charge in [0.05, 0.1) is 11.3 Å². The molecule has 3 aromatic rings. The molecule has 0 unspecified atom stereocenters. The van der Waals surface area contributed by atoms with Gasteiger partial charge in [-0.15, -0.1) is 0 Å². The Bertz CT molecular complexity index is 1190. The van der Waals surface area contributed by atoms with Gasteiger partial charge in [-0.25, -0.2) is 0 Å². The summed E-state index contributed by atoms with van der Waals surface area (Å²) in [5.74, 6) is -0.445. The number of para-hydroxylation sites is 1. The fourth-order valence-corrected chi connectivity index (χ4v) is 4.39. The molecule has 0 saturated heterocycles. The van der Waals surface area contributed by atoms with E-state index in [4.69, 9.17) is 0 Å². The van der Waals surface area contributed by atoms with E-state index in [1.807, 2.05) is 42.5 Å². The lowest BCUT2D eigenvalue weighted by molar-refractivity contribution is -0.121. The highest BCUT2D eigenvalue weighted by Gasteiger charge is 2.47. The number of anilines is 1. The maximum Gasteiger partial charge on any atom is 0.260 e. The van der Waals surface area contributed by atoms with Gasteiger partial charge >= 0.3 is 0 Å². The van der Waals surface area contributed by atoms with E-state index in [1.54, 1.807) is 40.3 Å². The van der Waals surface area contributed by atoms with Crippen molar-refractivity contribution in [2.24, 2.45) is 0 Å². The van der Waals surface area contributed by atoms with Gasteiger partial charge in [-0.05, 0) is 30.3 Å². The van der Waals surface area contributed by atoms with Gasteiger partial charge in [0.15, 0.2) is 0 Å². The van der Waals surface area contributed by atoms with Crippen LogP contribution in [0.2, 0.25) is 0 Å². The smallest absolute Gasteiger partial charge is 0.260 e. The van der Waals surface area contributed by atoms with Crippen LogP contribution in [0, 0.1) is 0 Å². The van der Waals surface area contributed by atoms with Gasteiger partial charge in [0, 0.05) is 48.9 Å². The number of hydrogen-bond acceptors (Lipinski definition) is 4. The Labute approximate surface area is 185 Å². The minimum atomic E-state index is -0.539. The molecule has 0 radical (unpaired) electrons. The molecule has 160 valence electrons. The van der Waals surface area contributed by atoms with E-state index in [9.17, 15) is 14.4 Å². The van der Waals surface area contributed by atoms with E-state index in [0.29, 0.717) is 29.8 Å². The Hall–Kier alpha value is -4.00. The Morgan fingerprint density at radius 3 is 2.47 bits per heavy atom. The highest BCUT2D eigenvalue weighted by molar-refractivity contribution is 6.16. The average molecular weight is 426 g/mol. The van der Waals surface area contributed by atoms with Crippen LogP contribution >= 0.6 is 0 Å². The fraction of sp³-hybridized carbons (Fsp3) is 0.200. The third-order valence-electron chi connectivity index (χ3n) is 5.89. The summed E-state index contributed by atoms with van der Waals surface area (Å²) in [7, 11) is 0. The molecule has 2 aliphatic heterocycles. The van der Waals surface area contributed by atoms with Crippen LogP contribution in [0.1, 0.15) is 44.6 Å². The summed E-state index contributed by atoms with van der Waals surface area (Å²) in [4.78, 5) is 46.5. The molecule has 3 heterocycles. The first-order valence-corrected chi connectivity index (χ1v) is 10.6. The molecule has 7 nitrogen and oxygen atoms in total. The summed E-state index contributed by atoms with van der Waals surface area (Å²) in [5, 5.41) is 2.89. The minimum Gasteiger partial charge on any atom is -0.356 e. The van der Waals surface area contributed by atoms with Crippen molar-refractivity contribution in [1.82, 2.24) is 15.2 Å². The minimum absolute atomic E-state index is 0.129. The van der Waals surface area contributed by atoms with Crippen molar-refractivity contribution < 1.29 is 14.4 Å². The molecule has 1 N–H and O–H groups in total. The maximum atomic E-state index is 13.3. The highest BCUT2D eigenvalue weighted by Crippen LogP contribution is 2.45. The van der Waals surface area contributed by atoms with Crippen LogP contribution in [0.25, 0.3) is 0 Å². The Morgan fingerprint density at radius 1 is 0.906 bits per heavy atom. The van der Waals surface area contributed by atoms with Crippen LogP contribution in [-0.2, 0) is 11.2 Å². The average Bonchev–Trinajstić information content (AvgIpc) is 3.12. The van der Waals surface area contributed by atoms with Gasteiger partial charge in [-0.1, -0.05) is 36.4 Å². The van der Waals surface area contributed by atoms with Gasteiger partial charge in [-0.2, -0.15) is 0 Å². The van der Waals surface area contributed by atoms with Crippen molar-refractivity contribution in [3.63, 3.8) is 0 Å². The highest BCUT2D eigenvalue weighted by atomic mass is 16.2. The van der Waals surface area contributed by atoms with Gasteiger partial charge in [0.2, 0.25) is 5.91 Å². The quantitative estimate of drug-likeness (QED) is 0.657. The molecule has 1 atom stereocenters. The third-order valence-corrected chi connectivity index (χ3v) is 5.89. The summed E-state index contributed by atoms with van der Waals surface area (Å²) >= 11 is 0. The first-order chi connectivity index (χ1) is 15.6. The number of rotatable bonds is 6. The van der Waals surface area contributed by atoms with Crippen molar-refractivity contribution in [3.8, 4) is 0 Å². The monoisotopic (exact) mass is 426 g/mol. The van der Waals surface area contributed by atoms with Crippen LogP contribution in [0.4, 0.5) is 5.69 Å². The van der Waals surface area contributed by atoms with Crippen molar-refractivity contribution >= 4 is 23.4 Å². The molecule has 0 spiro atoms. The van der Waals surface area contributed by atoms with Crippen LogP contribution in [-0.4, -0.2) is 40.7 Å². The number of pyridine rings is 1. The van der Waals surface area contributed by atoms with Gasteiger partial charge < -0.3 is 10.2 Å². The number of amides is 3. The van der Waals surface area contributed by atoms with Crippen molar-refractivity contribution in [2.75, 3.05) is 18.0 Å². The van der Waals surface area contributed by atoms with E-state index in [2.05, 4.69) is 10.3 Å². The lowest BCUT2D eigenvalue weighted by atomic mass is 10.0. The van der Waals surface area contributed by atoms with Gasteiger partial charge in [0.1, 0.15) is 6.17 Å². The summed E-state index contributed by atoms with van der Waals surface area (Å²) in [6, 6.07) is 20.2. The molecule has 5 rings (SSSR count). The molecule has 2 aliphatic rings. The predicted octanol–water partition coefficient (Wildman–Crippen LogP) is 2.95. The van der Waals surface area contributed by atoms with E-state index >= 15 is 0 Å². The number of nitrogens with one attached hydrogen (secondary N) is 1. The molecular weight excluding hydrogens is 404 g/mol. The second-order valence-corrected chi connectivity index (χ2v) is 7.82. The maximum absolute atomic E-state index is 13.3. The van der Waals surface area contributed by atoms with Crippen LogP contribution < -0.4 is 10.2 Å². The molecule has 0 aliphatic carbocycles. The SMILES string of the molecule is O=C(CCN1C(=O)c2ccccc2N2C(=O)c3ccccc3[C@@H]12)NCCc1ccccn1. The van der Waals surface area contributed by atoms with Gasteiger partial charge in [-0.3, -0.25) is 24.3 Å². The van der Waals surface area contributed by atoms with E-state index < -0.39 is 6.17 Å². The first-order valence-electron chi connectivity index (χ1n) is 10.6. The predicted molar refractivity (Wildman–Crippen MR) is 119 cm³/mol. The zero-order chi connectivity index (χ0) is 22.1. The first kappa shape index (κ1) is 19.9. The third kappa shape index (κ3) is 3.41. The fourth-order valence-electron chi connectivity index (χ4n) is 4.39. The molecule has 32 heavy (non-hydrogen) atoms. The topological polar surface area (TPSA) is 82.6 Å². The summed E-state index contributed by atoms with van der Waals surface area (Å²) in [5.41, 5.74) is 3.37. The van der Waals surface area contributed by atoms with Crippen LogP contribution in [0.3, 0.4) is 0 Å². The Morgan fingerprint density at radius 2 is 1.66 bits per heavy atom. The van der Waals surface area contributed by atoms with Gasteiger partial charge in [0.25, 0.3) is 11.8 Å².